The van der Waals surface area contributed by atoms with Crippen LogP contribution in [-0.4, -0.2) is 55.3 Å². The smallest absolute Gasteiger partial charge is 0.257 e. The number of carbonyl (C=O) groups is 2. The molecule has 3 rings (SSSR count). The second-order valence-corrected chi connectivity index (χ2v) is 7.75. The number of benzene rings is 1. The largest absolute Gasteiger partial charge is 0.383 e. The van der Waals surface area contributed by atoms with E-state index in [-0.39, 0.29) is 18.4 Å². The monoisotopic (exact) mass is 374 g/mol. The summed E-state index contributed by atoms with van der Waals surface area (Å²) >= 11 is 0. The van der Waals surface area contributed by atoms with E-state index in [1.807, 2.05) is 31.2 Å². The van der Waals surface area contributed by atoms with Gasteiger partial charge in [-0.3, -0.25) is 14.5 Å². The molecule has 1 saturated heterocycles. The van der Waals surface area contributed by atoms with Gasteiger partial charge < -0.3 is 14.8 Å². The Hall–Kier alpha value is -1.92. The fourth-order valence-electron chi connectivity index (χ4n) is 4.34. The van der Waals surface area contributed by atoms with Crippen molar-refractivity contribution in [2.45, 2.75) is 51.3 Å². The van der Waals surface area contributed by atoms with Gasteiger partial charge in [0.05, 0.1) is 13.2 Å². The van der Waals surface area contributed by atoms with Crippen molar-refractivity contribution in [1.82, 2.24) is 10.2 Å². The van der Waals surface area contributed by atoms with E-state index < -0.39 is 11.8 Å². The van der Waals surface area contributed by atoms with E-state index >= 15 is 0 Å². The number of ether oxygens (including phenoxy) is 2. The minimum atomic E-state index is -0.680. The van der Waals surface area contributed by atoms with Gasteiger partial charge in [0.2, 0.25) is 5.91 Å². The number of nitrogens with zero attached hydrogens (tertiary/aromatic N) is 1. The van der Waals surface area contributed by atoms with Crippen molar-refractivity contribution in [2.24, 2.45) is 5.92 Å². The van der Waals surface area contributed by atoms with Crippen LogP contribution in [-0.2, 0) is 14.3 Å². The Morgan fingerprint density at radius 2 is 2.15 bits per heavy atom. The second-order valence-electron chi connectivity index (χ2n) is 7.75. The molecule has 1 heterocycles. The number of hydrogen-bond acceptors (Lipinski definition) is 4. The molecule has 2 fully saturated rings. The van der Waals surface area contributed by atoms with Crippen LogP contribution in [0.4, 0.5) is 0 Å². The highest BCUT2D eigenvalue weighted by molar-refractivity contribution is 5.99. The summed E-state index contributed by atoms with van der Waals surface area (Å²) in [6, 6.07) is 6.92. The van der Waals surface area contributed by atoms with E-state index in [1.54, 1.807) is 12.0 Å². The lowest BCUT2D eigenvalue weighted by Gasteiger charge is -2.43. The molecule has 148 valence electrons. The highest BCUT2D eigenvalue weighted by Gasteiger charge is 2.54. The molecule has 1 saturated carbocycles. The maximum Gasteiger partial charge on any atom is 0.257 e. The van der Waals surface area contributed by atoms with E-state index in [0.29, 0.717) is 24.6 Å². The molecule has 27 heavy (non-hydrogen) atoms. The molecule has 1 aromatic carbocycles. The molecule has 6 nitrogen and oxygen atoms in total. The number of hydrogen-bond donors (Lipinski definition) is 1. The Kier molecular flexibility index (Phi) is 6.17. The Balaban J connectivity index is 1.91. The van der Waals surface area contributed by atoms with Gasteiger partial charge in [0.1, 0.15) is 11.8 Å². The zero-order valence-electron chi connectivity index (χ0n) is 16.5. The average Bonchev–Trinajstić information content (AvgIpc) is 3.00. The van der Waals surface area contributed by atoms with Gasteiger partial charge in [-0.2, -0.15) is 0 Å². The van der Waals surface area contributed by atoms with Crippen LogP contribution in [0.1, 0.15) is 48.5 Å². The number of carbonyl (C=O) groups excluding carboxylic acids is 2. The molecule has 1 aromatic rings. The van der Waals surface area contributed by atoms with Crippen LogP contribution < -0.4 is 5.32 Å². The second kappa shape index (κ2) is 8.40. The molecule has 2 aliphatic rings. The predicted octanol–water partition coefficient (Wildman–Crippen LogP) is 2.51. The van der Waals surface area contributed by atoms with E-state index in [9.17, 15) is 9.59 Å². The third kappa shape index (κ3) is 4.01. The van der Waals surface area contributed by atoms with Crippen molar-refractivity contribution in [3.05, 3.63) is 35.4 Å². The molecule has 0 bridgehead atoms. The van der Waals surface area contributed by atoms with E-state index in [1.165, 1.54) is 0 Å². The van der Waals surface area contributed by atoms with Crippen molar-refractivity contribution >= 4 is 11.8 Å². The molecule has 1 spiro atoms. The summed E-state index contributed by atoms with van der Waals surface area (Å²) in [7, 11) is 1.59. The van der Waals surface area contributed by atoms with Gasteiger partial charge in [-0.25, -0.2) is 0 Å². The minimum absolute atomic E-state index is 0.119. The Morgan fingerprint density at radius 3 is 2.85 bits per heavy atom. The van der Waals surface area contributed by atoms with Gasteiger partial charge >= 0.3 is 0 Å². The highest BCUT2D eigenvalue weighted by Crippen LogP contribution is 2.43. The minimum Gasteiger partial charge on any atom is -0.383 e. The first-order valence-corrected chi connectivity index (χ1v) is 9.78. The molecule has 3 atom stereocenters. The maximum atomic E-state index is 13.5. The van der Waals surface area contributed by atoms with Gasteiger partial charge in [0, 0.05) is 19.2 Å². The summed E-state index contributed by atoms with van der Waals surface area (Å²) in [4.78, 5) is 28.1. The molecule has 1 aliphatic carbocycles. The van der Waals surface area contributed by atoms with Crippen LogP contribution in [0.5, 0.6) is 0 Å². The van der Waals surface area contributed by atoms with Crippen LogP contribution in [0.25, 0.3) is 0 Å². The maximum absolute atomic E-state index is 13.5. The lowest BCUT2D eigenvalue weighted by atomic mass is 9.82. The Labute approximate surface area is 161 Å². The summed E-state index contributed by atoms with van der Waals surface area (Å²) in [5, 5.41) is 2.87. The van der Waals surface area contributed by atoms with E-state index in [4.69, 9.17) is 9.47 Å². The van der Waals surface area contributed by atoms with Crippen molar-refractivity contribution in [2.75, 3.05) is 26.9 Å². The molecule has 1 aliphatic heterocycles. The van der Waals surface area contributed by atoms with Crippen molar-refractivity contribution in [3.8, 4) is 0 Å². The first-order chi connectivity index (χ1) is 13.0. The quantitative estimate of drug-likeness (QED) is 0.804. The zero-order valence-corrected chi connectivity index (χ0v) is 16.5. The van der Waals surface area contributed by atoms with Gasteiger partial charge in [-0.05, 0) is 43.7 Å². The highest BCUT2D eigenvalue weighted by atomic mass is 16.5. The van der Waals surface area contributed by atoms with Crippen molar-refractivity contribution in [1.29, 1.82) is 0 Å². The van der Waals surface area contributed by atoms with Gasteiger partial charge in [0.25, 0.3) is 5.91 Å². The fourth-order valence-corrected chi connectivity index (χ4v) is 4.34. The van der Waals surface area contributed by atoms with Crippen molar-refractivity contribution in [3.63, 3.8) is 0 Å². The lowest BCUT2D eigenvalue weighted by Crippen LogP contribution is -2.57. The van der Waals surface area contributed by atoms with Crippen LogP contribution >= 0.6 is 0 Å². The number of aryl methyl sites for hydroxylation is 1. The van der Waals surface area contributed by atoms with Crippen LogP contribution in [0, 0.1) is 12.8 Å². The van der Waals surface area contributed by atoms with E-state index in [0.717, 1.165) is 31.2 Å². The fraction of sp³-hybridized carbons (Fsp3) is 0.619. The molecule has 2 amide bonds. The topological polar surface area (TPSA) is 67.9 Å². The third-order valence-corrected chi connectivity index (χ3v) is 5.69. The number of rotatable bonds is 5. The van der Waals surface area contributed by atoms with E-state index in [2.05, 4.69) is 12.2 Å². The van der Waals surface area contributed by atoms with Crippen molar-refractivity contribution < 1.29 is 19.1 Å². The van der Waals surface area contributed by atoms with Crippen LogP contribution in [0.3, 0.4) is 0 Å². The third-order valence-electron chi connectivity index (χ3n) is 5.69. The standard InChI is InChI=1S/C21H30N2O4/c1-15-7-6-10-21(13-15)23(20(25)17-9-5-4-8-16(17)2)18(14-27-21)19(24)22-11-12-26-3/h4-5,8-9,15,18H,6-7,10-14H2,1-3H3,(H,22,24)/t15-,18-,21-/m0/s1. The summed E-state index contributed by atoms with van der Waals surface area (Å²) in [6.07, 6.45) is 3.67. The molecule has 1 N–H and O–H groups in total. The zero-order chi connectivity index (χ0) is 19.4. The predicted molar refractivity (Wildman–Crippen MR) is 102 cm³/mol. The Morgan fingerprint density at radius 1 is 1.37 bits per heavy atom. The molecular formula is C21H30N2O4. The summed E-state index contributed by atoms with van der Waals surface area (Å²) < 4.78 is 11.2. The van der Waals surface area contributed by atoms with Gasteiger partial charge in [0.15, 0.2) is 0 Å². The summed E-state index contributed by atoms with van der Waals surface area (Å²) in [6.45, 7) is 5.21. The SMILES string of the molecule is COCCNC(=O)[C@@H]1CO[C@]2(CCC[C@H](C)C2)N1C(=O)c1ccccc1C. The molecular weight excluding hydrogens is 344 g/mol. The lowest BCUT2D eigenvalue weighted by molar-refractivity contribution is -0.128. The molecule has 0 radical (unpaired) electrons. The number of amides is 2. The normalized spacial score (nSPS) is 27.7. The molecule has 0 unspecified atom stereocenters. The first kappa shape index (κ1) is 19.8. The van der Waals surface area contributed by atoms with Crippen LogP contribution in [0.15, 0.2) is 24.3 Å². The average molecular weight is 374 g/mol. The summed E-state index contributed by atoms with van der Waals surface area (Å²) in [5.41, 5.74) is 0.863. The number of nitrogens with one attached hydrogen (secondary N) is 1. The van der Waals surface area contributed by atoms with Gasteiger partial charge in [-0.1, -0.05) is 31.5 Å². The van der Waals surface area contributed by atoms with Gasteiger partial charge in [-0.15, -0.1) is 0 Å². The van der Waals surface area contributed by atoms with Crippen LogP contribution in [0.2, 0.25) is 0 Å². The first-order valence-electron chi connectivity index (χ1n) is 9.78. The molecule has 6 heteroatoms. The molecule has 0 aromatic heterocycles. The number of methoxy groups -OCH3 is 1. The summed E-state index contributed by atoms with van der Waals surface area (Å²) in [5.74, 6) is 0.164. The Bertz CT molecular complexity index is 693.